The Hall–Kier alpha value is -2.28. The van der Waals surface area contributed by atoms with Crippen LogP contribution in [-0.2, 0) is 0 Å². The van der Waals surface area contributed by atoms with Gasteiger partial charge in [-0.3, -0.25) is 0 Å². The van der Waals surface area contributed by atoms with Crippen LogP contribution in [0.15, 0.2) is 77.1 Å². The van der Waals surface area contributed by atoms with Crippen molar-refractivity contribution in [2.75, 3.05) is 0 Å². The predicted molar refractivity (Wildman–Crippen MR) is 131 cm³/mol. The third kappa shape index (κ3) is 7.93. The number of nitrogens with one attached hydrogen (secondary N) is 1. The van der Waals surface area contributed by atoms with E-state index in [2.05, 4.69) is 101 Å². The largest absolute Gasteiger partial charge is 0.361 e. The van der Waals surface area contributed by atoms with E-state index in [1.165, 1.54) is 38.8 Å². The minimum absolute atomic E-state index is 0.413. The van der Waals surface area contributed by atoms with Gasteiger partial charge in [0.25, 0.3) is 0 Å². The van der Waals surface area contributed by atoms with Crippen molar-refractivity contribution >= 4 is 10.9 Å². The van der Waals surface area contributed by atoms with E-state index in [1.54, 1.807) is 0 Å². The molecular weight excluding hydrogens is 350 g/mol. The summed E-state index contributed by atoms with van der Waals surface area (Å²) in [4.78, 5) is 3.47. The molecule has 1 nitrogen and oxygen atoms in total. The maximum atomic E-state index is 3.47. The molecule has 0 spiro atoms. The number of hydrogen-bond acceptors (Lipinski definition) is 0. The smallest absolute Gasteiger partial charge is 0.0457 e. The summed E-state index contributed by atoms with van der Waals surface area (Å²) >= 11 is 0. The molecule has 0 radical (unpaired) electrons. The number of aromatic amines is 1. The first kappa shape index (κ1) is 23.0. The molecule has 0 saturated heterocycles. The van der Waals surface area contributed by atoms with Crippen LogP contribution in [0.25, 0.3) is 10.9 Å². The van der Waals surface area contributed by atoms with Gasteiger partial charge in [-0.1, -0.05) is 64.8 Å². The van der Waals surface area contributed by atoms with Gasteiger partial charge in [-0.2, -0.15) is 0 Å². The van der Waals surface area contributed by atoms with Gasteiger partial charge in [0.2, 0.25) is 0 Å². The van der Waals surface area contributed by atoms with E-state index >= 15 is 0 Å². The van der Waals surface area contributed by atoms with Gasteiger partial charge in [0.15, 0.2) is 0 Å². The molecule has 0 saturated carbocycles. The summed E-state index contributed by atoms with van der Waals surface area (Å²) in [5.41, 5.74) is 8.42. The van der Waals surface area contributed by atoms with Crippen molar-refractivity contribution in [3.8, 4) is 0 Å². The summed E-state index contributed by atoms with van der Waals surface area (Å²) in [6.07, 6.45) is 17.4. The SMILES string of the molecule is CC(C)=CCCC(C)=CCC(C=C(C)CCC=C(C)C)c1c[nH]c2ccccc12. The van der Waals surface area contributed by atoms with Crippen molar-refractivity contribution in [1.82, 2.24) is 4.98 Å². The van der Waals surface area contributed by atoms with Crippen molar-refractivity contribution < 1.29 is 0 Å². The number of benzene rings is 1. The Morgan fingerprint density at radius 1 is 0.828 bits per heavy atom. The highest BCUT2D eigenvalue weighted by Crippen LogP contribution is 2.31. The van der Waals surface area contributed by atoms with Crippen molar-refractivity contribution in [1.29, 1.82) is 0 Å². The molecule has 0 fully saturated rings. The van der Waals surface area contributed by atoms with Gasteiger partial charge in [0, 0.05) is 23.0 Å². The molecule has 1 aromatic carbocycles. The fourth-order valence-corrected chi connectivity index (χ4v) is 3.72. The first-order chi connectivity index (χ1) is 13.9. The average molecular weight is 390 g/mol. The fraction of sp³-hybridized carbons (Fsp3) is 0.429. The van der Waals surface area contributed by atoms with Crippen molar-refractivity contribution in [2.24, 2.45) is 0 Å². The Morgan fingerprint density at radius 3 is 2.10 bits per heavy atom. The molecule has 0 amide bonds. The molecule has 1 heteroatoms. The molecule has 2 aromatic rings. The lowest BCUT2D eigenvalue weighted by Gasteiger charge is -2.13. The Balaban J connectivity index is 2.21. The third-order valence-corrected chi connectivity index (χ3v) is 5.41. The summed E-state index contributed by atoms with van der Waals surface area (Å²) in [7, 11) is 0. The van der Waals surface area contributed by atoms with Crippen LogP contribution in [-0.4, -0.2) is 4.98 Å². The van der Waals surface area contributed by atoms with Gasteiger partial charge >= 0.3 is 0 Å². The van der Waals surface area contributed by atoms with Crippen LogP contribution < -0.4 is 0 Å². The number of aromatic nitrogens is 1. The second-order valence-corrected chi connectivity index (χ2v) is 8.84. The van der Waals surface area contributed by atoms with Gasteiger partial charge in [-0.05, 0) is 85.3 Å². The van der Waals surface area contributed by atoms with Gasteiger partial charge in [-0.15, -0.1) is 0 Å². The van der Waals surface area contributed by atoms with Crippen LogP contribution in [0.2, 0.25) is 0 Å². The maximum Gasteiger partial charge on any atom is 0.0457 e. The summed E-state index contributed by atoms with van der Waals surface area (Å²) in [6.45, 7) is 13.3. The zero-order valence-electron chi connectivity index (χ0n) is 19.3. The van der Waals surface area contributed by atoms with Crippen molar-refractivity contribution in [3.05, 3.63) is 82.6 Å². The first-order valence-corrected chi connectivity index (χ1v) is 11.0. The van der Waals surface area contributed by atoms with Crippen LogP contribution in [0.1, 0.15) is 85.1 Å². The number of rotatable bonds is 10. The van der Waals surface area contributed by atoms with Gasteiger partial charge in [0.1, 0.15) is 0 Å². The van der Waals surface area contributed by atoms with Crippen LogP contribution in [0.5, 0.6) is 0 Å². The predicted octanol–water partition coefficient (Wildman–Crippen LogP) is 9.03. The molecule has 2 rings (SSSR count). The summed E-state index contributed by atoms with van der Waals surface area (Å²) in [5, 5.41) is 1.35. The molecule has 1 atom stereocenters. The molecule has 0 bridgehead atoms. The number of H-pyrrole nitrogens is 1. The average Bonchev–Trinajstić information content (AvgIpc) is 3.08. The monoisotopic (exact) mass is 389 g/mol. The summed E-state index contributed by atoms with van der Waals surface area (Å²) in [6, 6.07) is 8.65. The quantitative estimate of drug-likeness (QED) is 0.390. The zero-order chi connectivity index (χ0) is 21.2. The summed E-state index contributed by atoms with van der Waals surface area (Å²) in [5.74, 6) is 0.413. The number of para-hydroxylation sites is 1. The fourth-order valence-electron chi connectivity index (χ4n) is 3.72. The highest BCUT2D eigenvalue weighted by atomic mass is 14.7. The van der Waals surface area contributed by atoms with Gasteiger partial charge in [-0.25, -0.2) is 0 Å². The molecule has 1 N–H and O–H groups in total. The minimum atomic E-state index is 0.413. The molecule has 1 heterocycles. The molecule has 0 aliphatic rings. The maximum absolute atomic E-state index is 3.47. The van der Waals surface area contributed by atoms with Gasteiger partial charge in [0.05, 0.1) is 0 Å². The molecule has 0 aliphatic carbocycles. The zero-order valence-corrected chi connectivity index (χ0v) is 19.3. The lowest BCUT2D eigenvalue weighted by Crippen LogP contribution is -1.96. The lowest BCUT2D eigenvalue weighted by atomic mass is 9.91. The molecular formula is C28H39N. The van der Waals surface area contributed by atoms with E-state index in [9.17, 15) is 0 Å². The molecule has 1 unspecified atom stereocenters. The summed E-state index contributed by atoms with van der Waals surface area (Å²) < 4.78 is 0. The number of fused-ring (bicyclic) bond motifs is 1. The van der Waals surface area contributed by atoms with E-state index in [-0.39, 0.29) is 0 Å². The van der Waals surface area contributed by atoms with Gasteiger partial charge < -0.3 is 4.98 Å². The molecule has 0 aliphatic heterocycles. The topological polar surface area (TPSA) is 15.8 Å². The Kier molecular flexibility index (Phi) is 9.25. The second-order valence-electron chi connectivity index (χ2n) is 8.84. The molecule has 156 valence electrons. The Labute approximate surface area is 178 Å². The van der Waals surface area contributed by atoms with Crippen molar-refractivity contribution in [2.45, 2.75) is 79.6 Å². The lowest BCUT2D eigenvalue weighted by molar-refractivity contribution is 0.829. The van der Waals surface area contributed by atoms with E-state index in [0.717, 1.165) is 32.1 Å². The number of hydrogen-bond donors (Lipinski definition) is 1. The first-order valence-electron chi connectivity index (χ1n) is 11.0. The molecule has 29 heavy (non-hydrogen) atoms. The molecule has 1 aromatic heterocycles. The minimum Gasteiger partial charge on any atom is -0.361 e. The van der Waals surface area contributed by atoms with Crippen LogP contribution in [0.3, 0.4) is 0 Å². The van der Waals surface area contributed by atoms with Crippen molar-refractivity contribution in [3.63, 3.8) is 0 Å². The Bertz CT molecular complexity index is 893. The van der Waals surface area contributed by atoms with E-state index < -0.39 is 0 Å². The van der Waals surface area contributed by atoms with Crippen LogP contribution >= 0.6 is 0 Å². The normalized spacial score (nSPS) is 13.4. The van der Waals surface area contributed by atoms with E-state index in [1.807, 2.05) is 0 Å². The standard InChI is InChI=1S/C28H39N/c1-21(2)11-9-13-23(5)17-18-25(19-24(6)14-10-12-22(3)4)27-20-29-28-16-8-7-15-26(27)28/h7-8,11-12,15-17,19-20,25,29H,9-10,13-14,18H2,1-6H3. The van der Waals surface area contributed by atoms with Crippen LogP contribution in [0, 0.1) is 0 Å². The van der Waals surface area contributed by atoms with E-state index in [4.69, 9.17) is 0 Å². The Morgan fingerprint density at radius 2 is 1.45 bits per heavy atom. The number of allylic oxidation sites excluding steroid dienone is 8. The highest BCUT2D eigenvalue weighted by Gasteiger charge is 2.13. The highest BCUT2D eigenvalue weighted by molar-refractivity contribution is 5.83. The van der Waals surface area contributed by atoms with E-state index in [0.29, 0.717) is 5.92 Å². The van der Waals surface area contributed by atoms with Crippen LogP contribution in [0.4, 0.5) is 0 Å². The third-order valence-electron chi connectivity index (χ3n) is 5.41. The second kappa shape index (κ2) is 11.7.